The average molecular weight is 812 g/mol. The molecule has 6 heteroatoms. The van der Waals surface area contributed by atoms with Crippen molar-refractivity contribution in [3.63, 3.8) is 0 Å². The van der Waals surface area contributed by atoms with Crippen LogP contribution in [0, 0.1) is 17.3 Å². The molecule has 3 saturated carbocycles. The Morgan fingerprint density at radius 1 is 0.476 bits per heavy atom. The highest BCUT2D eigenvalue weighted by molar-refractivity contribution is 6.05. The molecule has 0 N–H and O–H groups in total. The van der Waals surface area contributed by atoms with Crippen molar-refractivity contribution in [2.45, 2.75) is 37.5 Å². The first-order chi connectivity index (χ1) is 31.2. The second-order valence-corrected chi connectivity index (χ2v) is 18.2. The monoisotopic (exact) mass is 811 g/mol. The van der Waals surface area contributed by atoms with Gasteiger partial charge in [-0.1, -0.05) is 97.1 Å². The predicted molar refractivity (Wildman–Crippen MR) is 250 cm³/mol. The van der Waals surface area contributed by atoms with Gasteiger partial charge >= 0.3 is 0 Å². The Bertz CT molecular complexity index is 3330. The summed E-state index contributed by atoms with van der Waals surface area (Å²) in [6, 6.07) is 58.6. The van der Waals surface area contributed by atoms with Crippen LogP contribution in [-0.2, 0) is 0 Å². The van der Waals surface area contributed by atoms with Gasteiger partial charge in [-0.2, -0.15) is 0 Å². The lowest BCUT2D eigenvalue weighted by molar-refractivity contribution is -0.144. The molecule has 6 nitrogen and oxygen atoms in total. The summed E-state index contributed by atoms with van der Waals surface area (Å²) < 4.78 is 6.49. The lowest BCUT2D eigenvalue weighted by Crippen LogP contribution is -2.58. The SMILES string of the molecule is c1ccc(N2c3ccccc3Oc3ccc(-c4nc(-c5ccncc5)nc(-c5ccc(-c6ccc7c(c6)-c6ccccc6C6CC8CC9CC7C89C6)c6ccccc56)n4)cc32)cc1. The van der Waals surface area contributed by atoms with Gasteiger partial charge in [0.2, 0.25) is 0 Å². The number of hydrogen-bond donors (Lipinski definition) is 0. The second kappa shape index (κ2) is 13.3. The first-order valence-corrected chi connectivity index (χ1v) is 22.4. The van der Waals surface area contributed by atoms with Crippen molar-refractivity contribution >= 4 is 27.8 Å². The number of hydrogen-bond acceptors (Lipinski definition) is 6. The summed E-state index contributed by atoms with van der Waals surface area (Å²) in [7, 11) is 0. The van der Waals surface area contributed by atoms with Crippen LogP contribution in [-0.4, -0.2) is 19.9 Å². The molecule has 5 unspecified atom stereocenters. The molecular formula is C57H41N5O. The molecule has 5 aliphatic rings. The molecule has 1 aliphatic heterocycles. The number of pyridine rings is 1. The Labute approximate surface area is 366 Å². The summed E-state index contributed by atoms with van der Waals surface area (Å²) in [5.41, 5.74) is 14.6. The molecule has 1 spiro atoms. The molecule has 7 aromatic carbocycles. The molecule has 14 rings (SSSR count). The van der Waals surface area contributed by atoms with Gasteiger partial charge in [0.15, 0.2) is 29.0 Å². The number of aromatic nitrogens is 4. The number of anilines is 3. The fraction of sp³-hybridized carbons (Fsp3) is 0.158. The van der Waals surface area contributed by atoms with Crippen LogP contribution in [0.2, 0.25) is 0 Å². The summed E-state index contributed by atoms with van der Waals surface area (Å²) in [6.45, 7) is 0. The van der Waals surface area contributed by atoms with Crippen LogP contribution in [0.15, 0.2) is 176 Å². The Morgan fingerprint density at radius 2 is 1.17 bits per heavy atom. The molecule has 5 atom stereocenters. The van der Waals surface area contributed by atoms with Gasteiger partial charge in [-0.05, 0) is 166 Å². The second-order valence-electron chi connectivity index (χ2n) is 18.2. The summed E-state index contributed by atoms with van der Waals surface area (Å²) in [5, 5.41) is 2.27. The van der Waals surface area contributed by atoms with E-state index in [-0.39, 0.29) is 0 Å². The molecule has 0 saturated heterocycles. The number of nitrogens with zero attached hydrogens (tertiary/aromatic N) is 5. The topological polar surface area (TPSA) is 64.0 Å². The minimum Gasteiger partial charge on any atom is -0.453 e. The highest BCUT2D eigenvalue weighted by Gasteiger charge is 2.70. The van der Waals surface area contributed by atoms with E-state index in [9.17, 15) is 0 Å². The van der Waals surface area contributed by atoms with Crippen molar-refractivity contribution in [1.82, 2.24) is 19.9 Å². The quantitative estimate of drug-likeness (QED) is 0.172. The van der Waals surface area contributed by atoms with Gasteiger partial charge in [0.1, 0.15) is 0 Å². The number of ether oxygens (including phenoxy) is 1. The zero-order chi connectivity index (χ0) is 41.2. The Morgan fingerprint density at radius 3 is 2.05 bits per heavy atom. The van der Waals surface area contributed by atoms with Gasteiger partial charge in [-0.3, -0.25) is 4.98 Å². The first kappa shape index (κ1) is 35.2. The fourth-order valence-corrected chi connectivity index (χ4v) is 12.6. The van der Waals surface area contributed by atoms with E-state index in [1.165, 1.54) is 53.3 Å². The highest BCUT2D eigenvalue weighted by atomic mass is 16.5. The van der Waals surface area contributed by atoms with E-state index in [1.807, 2.05) is 48.5 Å². The molecule has 3 heterocycles. The lowest BCUT2D eigenvalue weighted by atomic mass is 9.37. The average Bonchev–Trinajstić information content (AvgIpc) is 3.71. The molecule has 3 fully saturated rings. The lowest BCUT2D eigenvalue weighted by Gasteiger charge is -2.67. The highest BCUT2D eigenvalue weighted by Crippen LogP contribution is 2.80. The van der Waals surface area contributed by atoms with E-state index in [2.05, 4.69) is 125 Å². The van der Waals surface area contributed by atoms with Crippen LogP contribution >= 0.6 is 0 Å². The van der Waals surface area contributed by atoms with Crippen LogP contribution in [0.4, 0.5) is 17.1 Å². The molecule has 2 aromatic heterocycles. The molecule has 300 valence electrons. The largest absolute Gasteiger partial charge is 0.453 e. The zero-order valence-electron chi connectivity index (χ0n) is 34.5. The van der Waals surface area contributed by atoms with Crippen molar-refractivity contribution in [3.05, 3.63) is 187 Å². The van der Waals surface area contributed by atoms with E-state index in [1.54, 1.807) is 23.5 Å². The Kier molecular flexibility index (Phi) is 7.42. The standard InChI is InChI=1S/C57H41N5O/c1-2-10-40(11-3-1)62-50-16-8-9-17-52(50)63-53-23-19-36(30-51(53)62)55-59-54(34-24-26-58-27-25-34)60-56(61-55)47-22-21-42(43-13-6-7-15-45(43)47)35-18-20-46-48(29-35)44-14-5-4-12-41(44)37-28-38-31-39-32-49(46)57(38,39)33-37/h1-27,29-30,37-39,49H,28,31-33H2. The molecule has 2 bridgehead atoms. The fourth-order valence-electron chi connectivity index (χ4n) is 12.6. The maximum absolute atomic E-state index is 6.49. The van der Waals surface area contributed by atoms with Crippen molar-refractivity contribution in [3.8, 4) is 67.9 Å². The number of benzene rings is 7. The van der Waals surface area contributed by atoms with Crippen molar-refractivity contribution in [2.24, 2.45) is 17.3 Å². The third kappa shape index (κ3) is 5.12. The molecule has 0 amide bonds. The van der Waals surface area contributed by atoms with Gasteiger partial charge in [0.05, 0.1) is 11.4 Å². The maximum Gasteiger partial charge on any atom is 0.164 e. The van der Waals surface area contributed by atoms with Gasteiger partial charge in [0, 0.05) is 34.8 Å². The van der Waals surface area contributed by atoms with Crippen LogP contribution in [0.3, 0.4) is 0 Å². The molecule has 9 aromatic rings. The van der Waals surface area contributed by atoms with Crippen molar-refractivity contribution in [1.29, 1.82) is 0 Å². The first-order valence-electron chi connectivity index (χ1n) is 22.4. The molecular weight excluding hydrogens is 771 g/mol. The maximum atomic E-state index is 6.49. The van der Waals surface area contributed by atoms with Crippen LogP contribution in [0.25, 0.3) is 67.2 Å². The summed E-state index contributed by atoms with van der Waals surface area (Å²) >= 11 is 0. The van der Waals surface area contributed by atoms with E-state index >= 15 is 0 Å². The van der Waals surface area contributed by atoms with Gasteiger partial charge in [-0.15, -0.1) is 0 Å². The summed E-state index contributed by atoms with van der Waals surface area (Å²) in [6.07, 6.45) is 9.10. The van der Waals surface area contributed by atoms with Crippen molar-refractivity contribution < 1.29 is 4.74 Å². The molecule has 0 radical (unpaired) electrons. The van der Waals surface area contributed by atoms with Crippen molar-refractivity contribution in [2.75, 3.05) is 4.90 Å². The predicted octanol–water partition coefficient (Wildman–Crippen LogP) is 14.3. The van der Waals surface area contributed by atoms with Crippen LogP contribution in [0.1, 0.15) is 48.6 Å². The smallest absolute Gasteiger partial charge is 0.164 e. The zero-order valence-corrected chi connectivity index (χ0v) is 34.5. The number of fused-ring (bicyclic) bond motifs is 9. The Balaban J connectivity index is 0.913. The summed E-state index contributed by atoms with van der Waals surface area (Å²) in [5.74, 6) is 6.51. The van der Waals surface area contributed by atoms with Gasteiger partial charge in [-0.25, -0.2) is 15.0 Å². The third-order valence-corrected chi connectivity index (χ3v) is 15.4. The minimum atomic E-state index is 0.529. The normalized spacial score (nSPS) is 21.9. The van der Waals surface area contributed by atoms with Gasteiger partial charge < -0.3 is 9.64 Å². The number of rotatable bonds is 5. The van der Waals surface area contributed by atoms with Crippen LogP contribution in [0.5, 0.6) is 11.5 Å². The molecule has 63 heavy (non-hydrogen) atoms. The van der Waals surface area contributed by atoms with Crippen LogP contribution < -0.4 is 9.64 Å². The van der Waals surface area contributed by atoms with E-state index in [4.69, 9.17) is 19.7 Å². The van der Waals surface area contributed by atoms with E-state index in [0.717, 1.165) is 62.5 Å². The van der Waals surface area contributed by atoms with Gasteiger partial charge in [0.25, 0.3) is 0 Å². The van der Waals surface area contributed by atoms with E-state index in [0.29, 0.717) is 34.7 Å². The molecule has 4 aliphatic carbocycles. The minimum absolute atomic E-state index is 0.529. The third-order valence-electron chi connectivity index (χ3n) is 15.4. The number of para-hydroxylation sites is 3. The van der Waals surface area contributed by atoms with E-state index < -0.39 is 0 Å². The summed E-state index contributed by atoms with van der Waals surface area (Å²) in [4.78, 5) is 22.2. The Hall–Kier alpha value is -7.44.